The first-order chi connectivity index (χ1) is 13.5. The molecule has 1 heterocycles. The van der Waals surface area contributed by atoms with Crippen LogP contribution in [0.15, 0.2) is 24.3 Å². The van der Waals surface area contributed by atoms with E-state index in [0.29, 0.717) is 22.9 Å². The van der Waals surface area contributed by atoms with Crippen LogP contribution in [-0.4, -0.2) is 39.2 Å². The number of benzene rings is 1. The molecule has 1 aromatic carbocycles. The van der Waals surface area contributed by atoms with E-state index in [-0.39, 0.29) is 18.5 Å². The molecule has 3 rings (SSSR count). The SMILES string of the molecule is CCOC(=O)c1c(NC(=O)COc2cccc(N(C)C)c2)sc2c1CCCC2. The molecule has 7 heteroatoms. The van der Waals surface area contributed by atoms with Gasteiger partial charge < -0.3 is 19.7 Å². The molecule has 28 heavy (non-hydrogen) atoms. The Hall–Kier alpha value is -2.54. The van der Waals surface area contributed by atoms with Gasteiger partial charge in [-0.25, -0.2) is 4.79 Å². The summed E-state index contributed by atoms with van der Waals surface area (Å²) in [6.45, 7) is 1.97. The summed E-state index contributed by atoms with van der Waals surface area (Å²) in [6.07, 6.45) is 3.95. The predicted molar refractivity (Wildman–Crippen MR) is 112 cm³/mol. The monoisotopic (exact) mass is 402 g/mol. The van der Waals surface area contributed by atoms with Crippen LogP contribution in [0.2, 0.25) is 0 Å². The molecule has 0 unspecified atom stereocenters. The van der Waals surface area contributed by atoms with Gasteiger partial charge in [0, 0.05) is 30.7 Å². The maximum absolute atomic E-state index is 12.5. The van der Waals surface area contributed by atoms with Gasteiger partial charge in [-0.1, -0.05) is 6.07 Å². The van der Waals surface area contributed by atoms with Gasteiger partial charge in [0.25, 0.3) is 5.91 Å². The number of hydrogen-bond donors (Lipinski definition) is 1. The zero-order valence-electron chi connectivity index (χ0n) is 16.5. The van der Waals surface area contributed by atoms with E-state index in [0.717, 1.165) is 36.9 Å². The number of anilines is 2. The Morgan fingerprint density at radius 1 is 1.21 bits per heavy atom. The summed E-state index contributed by atoms with van der Waals surface area (Å²) in [6, 6.07) is 7.54. The number of fused-ring (bicyclic) bond motifs is 1. The lowest BCUT2D eigenvalue weighted by molar-refractivity contribution is -0.118. The molecule has 0 spiro atoms. The topological polar surface area (TPSA) is 67.9 Å². The van der Waals surface area contributed by atoms with Crippen LogP contribution in [0.3, 0.4) is 0 Å². The Balaban J connectivity index is 1.70. The fraction of sp³-hybridized carbons (Fsp3) is 0.429. The lowest BCUT2D eigenvalue weighted by atomic mass is 9.95. The summed E-state index contributed by atoms with van der Waals surface area (Å²) in [5.41, 5.74) is 2.54. The van der Waals surface area contributed by atoms with Crippen LogP contribution in [0.4, 0.5) is 10.7 Å². The van der Waals surface area contributed by atoms with Gasteiger partial charge in [-0.05, 0) is 50.3 Å². The number of thiophene rings is 1. The maximum Gasteiger partial charge on any atom is 0.341 e. The van der Waals surface area contributed by atoms with E-state index in [9.17, 15) is 9.59 Å². The number of aryl methyl sites for hydroxylation is 1. The Morgan fingerprint density at radius 3 is 2.75 bits per heavy atom. The largest absolute Gasteiger partial charge is 0.484 e. The van der Waals surface area contributed by atoms with Crippen LogP contribution < -0.4 is 15.0 Å². The molecule has 0 atom stereocenters. The van der Waals surface area contributed by atoms with E-state index in [1.807, 2.05) is 43.3 Å². The van der Waals surface area contributed by atoms with Crippen molar-refractivity contribution in [3.05, 3.63) is 40.3 Å². The minimum Gasteiger partial charge on any atom is -0.484 e. The first-order valence-electron chi connectivity index (χ1n) is 9.51. The number of esters is 1. The number of ether oxygens (including phenoxy) is 2. The van der Waals surface area contributed by atoms with Gasteiger partial charge in [0.15, 0.2) is 6.61 Å². The second-order valence-corrected chi connectivity index (χ2v) is 7.97. The number of amides is 1. The normalized spacial score (nSPS) is 12.8. The molecule has 0 fully saturated rings. The third-order valence-electron chi connectivity index (χ3n) is 4.61. The van der Waals surface area contributed by atoms with E-state index in [1.54, 1.807) is 6.92 Å². The number of carbonyl (C=O) groups excluding carboxylic acids is 2. The van der Waals surface area contributed by atoms with E-state index in [2.05, 4.69) is 5.32 Å². The van der Waals surface area contributed by atoms with Crippen LogP contribution >= 0.6 is 11.3 Å². The molecule has 0 radical (unpaired) electrons. The standard InChI is InChI=1S/C21H26N2O4S/c1-4-26-21(25)19-16-10-5-6-11-17(16)28-20(19)22-18(24)13-27-15-9-7-8-14(12-15)23(2)3/h7-9,12H,4-6,10-11,13H2,1-3H3,(H,22,24). The first kappa shape index (κ1) is 20.2. The van der Waals surface area contributed by atoms with Gasteiger partial charge in [0.05, 0.1) is 12.2 Å². The average Bonchev–Trinajstić information content (AvgIpc) is 3.04. The number of carbonyl (C=O) groups is 2. The Morgan fingerprint density at radius 2 is 2.00 bits per heavy atom. The van der Waals surface area contributed by atoms with Gasteiger partial charge in [0.2, 0.25) is 0 Å². The molecular formula is C21H26N2O4S. The Kier molecular flexibility index (Phi) is 6.57. The zero-order chi connectivity index (χ0) is 20.1. The number of rotatable bonds is 7. The molecule has 1 aliphatic rings. The van der Waals surface area contributed by atoms with Gasteiger partial charge >= 0.3 is 5.97 Å². The van der Waals surface area contributed by atoms with Crippen molar-refractivity contribution in [1.29, 1.82) is 0 Å². The summed E-state index contributed by atoms with van der Waals surface area (Å²) < 4.78 is 10.9. The van der Waals surface area contributed by atoms with Crippen molar-refractivity contribution in [3.63, 3.8) is 0 Å². The number of nitrogens with one attached hydrogen (secondary N) is 1. The number of hydrogen-bond acceptors (Lipinski definition) is 6. The molecule has 0 saturated carbocycles. The summed E-state index contributed by atoms with van der Waals surface area (Å²) >= 11 is 1.48. The van der Waals surface area contributed by atoms with Gasteiger partial charge in [0.1, 0.15) is 10.8 Å². The number of nitrogens with zero attached hydrogens (tertiary/aromatic N) is 1. The fourth-order valence-electron chi connectivity index (χ4n) is 3.24. The molecule has 0 bridgehead atoms. The smallest absolute Gasteiger partial charge is 0.341 e. The first-order valence-corrected chi connectivity index (χ1v) is 10.3. The van der Waals surface area contributed by atoms with Crippen molar-refractivity contribution in [2.24, 2.45) is 0 Å². The highest BCUT2D eigenvalue weighted by Gasteiger charge is 2.27. The lowest BCUT2D eigenvalue weighted by Gasteiger charge is -2.14. The Bertz CT molecular complexity index is 860. The molecule has 1 aromatic heterocycles. The highest BCUT2D eigenvalue weighted by atomic mass is 32.1. The minimum absolute atomic E-state index is 0.123. The van der Waals surface area contributed by atoms with Crippen molar-refractivity contribution in [1.82, 2.24) is 0 Å². The van der Waals surface area contributed by atoms with Crippen LogP contribution in [0.1, 0.15) is 40.6 Å². The molecule has 0 aliphatic heterocycles. The van der Waals surface area contributed by atoms with Gasteiger partial charge in [-0.2, -0.15) is 0 Å². The second-order valence-electron chi connectivity index (χ2n) is 6.86. The highest BCUT2D eigenvalue weighted by molar-refractivity contribution is 7.17. The predicted octanol–water partition coefficient (Wildman–Crippen LogP) is 3.89. The van der Waals surface area contributed by atoms with Crippen LogP contribution in [0.5, 0.6) is 5.75 Å². The van der Waals surface area contributed by atoms with Crippen LogP contribution in [-0.2, 0) is 22.4 Å². The zero-order valence-corrected chi connectivity index (χ0v) is 17.4. The summed E-state index contributed by atoms with van der Waals surface area (Å²) in [7, 11) is 3.89. The molecular weight excluding hydrogens is 376 g/mol. The Labute approximate surface area is 169 Å². The van der Waals surface area contributed by atoms with E-state index >= 15 is 0 Å². The molecule has 2 aromatic rings. The van der Waals surface area contributed by atoms with Crippen molar-refractivity contribution in [3.8, 4) is 5.75 Å². The fourth-order valence-corrected chi connectivity index (χ4v) is 4.53. The third kappa shape index (κ3) is 4.65. The van der Waals surface area contributed by atoms with Crippen molar-refractivity contribution >= 4 is 33.9 Å². The minimum atomic E-state index is -0.364. The summed E-state index contributed by atoms with van der Waals surface area (Å²) in [5.74, 6) is -0.0337. The highest BCUT2D eigenvalue weighted by Crippen LogP contribution is 2.38. The second kappa shape index (κ2) is 9.10. The maximum atomic E-state index is 12.5. The van der Waals surface area contributed by atoms with Crippen molar-refractivity contribution in [2.75, 3.05) is 37.5 Å². The van der Waals surface area contributed by atoms with Gasteiger partial charge in [-0.15, -0.1) is 11.3 Å². The van der Waals surface area contributed by atoms with E-state index < -0.39 is 0 Å². The molecule has 1 N–H and O–H groups in total. The van der Waals surface area contributed by atoms with Gasteiger partial charge in [-0.3, -0.25) is 4.79 Å². The molecule has 150 valence electrons. The quantitative estimate of drug-likeness (QED) is 0.712. The summed E-state index contributed by atoms with van der Waals surface area (Å²) in [5, 5.41) is 3.43. The van der Waals surface area contributed by atoms with E-state index in [1.165, 1.54) is 16.2 Å². The third-order valence-corrected chi connectivity index (χ3v) is 5.81. The molecule has 1 aliphatic carbocycles. The van der Waals surface area contributed by atoms with E-state index in [4.69, 9.17) is 9.47 Å². The molecule has 6 nitrogen and oxygen atoms in total. The van der Waals surface area contributed by atoms with Crippen LogP contribution in [0.25, 0.3) is 0 Å². The molecule has 1 amide bonds. The van der Waals surface area contributed by atoms with Crippen molar-refractivity contribution in [2.45, 2.75) is 32.6 Å². The van der Waals surface area contributed by atoms with Crippen LogP contribution in [0, 0.1) is 0 Å². The lowest BCUT2D eigenvalue weighted by Crippen LogP contribution is -2.21. The summed E-state index contributed by atoms with van der Waals surface area (Å²) in [4.78, 5) is 28.1. The average molecular weight is 403 g/mol. The molecule has 0 saturated heterocycles. The van der Waals surface area contributed by atoms with Crippen molar-refractivity contribution < 1.29 is 19.1 Å².